The maximum Gasteiger partial charge on any atom is 0.140 e. The summed E-state index contributed by atoms with van der Waals surface area (Å²) in [4.78, 5) is 15.0. The summed E-state index contributed by atoms with van der Waals surface area (Å²) < 4.78 is 2.20. The molecule has 9 aromatic carbocycles. The zero-order valence-electron chi connectivity index (χ0n) is 39.8. The van der Waals surface area contributed by atoms with E-state index in [0.29, 0.717) is 0 Å². The molecule has 0 aliphatic carbocycles. The van der Waals surface area contributed by atoms with Crippen molar-refractivity contribution >= 4 is 0 Å². The van der Waals surface area contributed by atoms with Gasteiger partial charge in [0.1, 0.15) is 5.82 Å². The summed E-state index contributed by atoms with van der Waals surface area (Å²) in [5.74, 6) is 0.922. The number of hydrogen-bond donors (Lipinski definition) is 0. The number of aromatic nitrogens is 4. The van der Waals surface area contributed by atoms with Crippen LogP contribution in [0.25, 0.3) is 123 Å². The Morgan fingerprint density at radius 2 is 0.583 bits per heavy atom. The monoisotopic (exact) mass is 920 g/mol. The maximum atomic E-state index is 5.11. The van der Waals surface area contributed by atoms with Gasteiger partial charge < -0.3 is 4.57 Å². The van der Waals surface area contributed by atoms with Crippen molar-refractivity contribution in [2.24, 2.45) is 7.05 Å². The molecule has 12 aromatic rings. The van der Waals surface area contributed by atoms with E-state index in [9.17, 15) is 0 Å². The van der Waals surface area contributed by atoms with E-state index in [1.165, 1.54) is 16.7 Å². The molecule has 72 heavy (non-hydrogen) atoms. The Hall–Kier alpha value is -9.51. The lowest BCUT2D eigenvalue weighted by molar-refractivity contribution is 0.933. The highest BCUT2D eigenvalue weighted by atomic mass is 15.1. The van der Waals surface area contributed by atoms with E-state index in [-0.39, 0.29) is 0 Å². The van der Waals surface area contributed by atoms with Gasteiger partial charge in [0.2, 0.25) is 0 Å². The van der Waals surface area contributed by atoms with Crippen LogP contribution in [0.15, 0.2) is 273 Å². The maximum absolute atomic E-state index is 5.11. The molecule has 12 rings (SSSR count). The van der Waals surface area contributed by atoms with Crippen LogP contribution in [0.5, 0.6) is 0 Å². The lowest BCUT2D eigenvalue weighted by atomic mass is 9.87. The van der Waals surface area contributed by atoms with Crippen LogP contribution < -0.4 is 0 Å². The second-order valence-corrected chi connectivity index (χ2v) is 18.1. The number of hydrogen-bond acceptors (Lipinski definition) is 3. The molecule has 0 atom stereocenters. The standard InChI is InChI=1S/C68H48N4/c1-72-67(46-71-68(72)51-22-9-4-10-23-51)64-31-16-15-30-63(64)58-42-56(61-28-13-11-26-59(61)54-36-38-65(69-44-54)50-20-7-3-8-21-50)41-57(43-58)62-29-14-12-27-60(62)55-37-39-66(70-45-55)53-25-17-24-52(40-53)49-34-32-48(33-35-49)47-18-5-2-6-19-47/h2-46H,1H3. The van der Waals surface area contributed by atoms with Crippen molar-refractivity contribution in [2.45, 2.75) is 0 Å². The van der Waals surface area contributed by atoms with Crippen molar-refractivity contribution in [3.8, 4) is 123 Å². The highest BCUT2D eigenvalue weighted by Crippen LogP contribution is 2.43. The molecule has 0 aliphatic rings. The average Bonchev–Trinajstić information content (AvgIpc) is 3.86. The van der Waals surface area contributed by atoms with E-state index in [4.69, 9.17) is 15.0 Å². The van der Waals surface area contributed by atoms with Crippen LogP contribution in [0, 0.1) is 0 Å². The first kappa shape index (κ1) is 43.7. The molecular weight excluding hydrogens is 873 g/mol. The summed E-state index contributed by atoms with van der Waals surface area (Å²) in [6.07, 6.45) is 6.02. The fourth-order valence-electron chi connectivity index (χ4n) is 9.94. The van der Waals surface area contributed by atoms with E-state index < -0.39 is 0 Å². The van der Waals surface area contributed by atoms with E-state index in [1.807, 2.05) is 30.7 Å². The molecule has 0 spiro atoms. The van der Waals surface area contributed by atoms with E-state index in [0.717, 1.165) is 106 Å². The topological polar surface area (TPSA) is 43.6 Å². The second-order valence-electron chi connectivity index (χ2n) is 18.1. The molecule has 0 fully saturated rings. The molecular formula is C68H48N4. The quantitative estimate of drug-likeness (QED) is 0.130. The Balaban J connectivity index is 0.945. The molecule has 0 amide bonds. The zero-order valence-corrected chi connectivity index (χ0v) is 39.8. The Morgan fingerprint density at radius 3 is 1.08 bits per heavy atom. The second kappa shape index (κ2) is 19.5. The van der Waals surface area contributed by atoms with Crippen LogP contribution in [-0.2, 0) is 7.05 Å². The van der Waals surface area contributed by atoms with Crippen molar-refractivity contribution < 1.29 is 0 Å². The summed E-state index contributed by atoms with van der Waals surface area (Å²) in [5.41, 5.74) is 23.0. The predicted octanol–water partition coefficient (Wildman–Crippen LogP) is 17.5. The average molecular weight is 921 g/mol. The summed E-state index contributed by atoms with van der Waals surface area (Å²) in [6.45, 7) is 0. The lowest BCUT2D eigenvalue weighted by Gasteiger charge is -2.18. The number of pyridine rings is 2. The molecule has 3 aromatic heterocycles. The highest BCUT2D eigenvalue weighted by Gasteiger charge is 2.19. The minimum atomic E-state index is 0.922. The van der Waals surface area contributed by atoms with E-state index in [2.05, 4.69) is 254 Å². The number of rotatable bonds is 11. The van der Waals surface area contributed by atoms with Gasteiger partial charge in [-0.1, -0.05) is 218 Å². The Labute approximate surface area is 421 Å². The summed E-state index contributed by atoms with van der Waals surface area (Å²) >= 11 is 0. The van der Waals surface area contributed by atoms with Gasteiger partial charge in [0.15, 0.2) is 0 Å². The third kappa shape index (κ3) is 8.74. The van der Waals surface area contributed by atoms with Gasteiger partial charge in [-0.05, 0) is 103 Å². The Kier molecular flexibility index (Phi) is 11.8. The van der Waals surface area contributed by atoms with Crippen LogP contribution in [0.2, 0.25) is 0 Å². The van der Waals surface area contributed by atoms with Crippen molar-refractivity contribution in [1.82, 2.24) is 19.5 Å². The van der Waals surface area contributed by atoms with E-state index in [1.54, 1.807) is 0 Å². The van der Waals surface area contributed by atoms with Crippen LogP contribution in [0.1, 0.15) is 0 Å². The molecule has 0 radical (unpaired) electrons. The Morgan fingerprint density at radius 1 is 0.236 bits per heavy atom. The molecule has 0 unspecified atom stereocenters. The smallest absolute Gasteiger partial charge is 0.140 e. The third-order valence-electron chi connectivity index (χ3n) is 13.6. The van der Waals surface area contributed by atoms with Crippen molar-refractivity contribution in [1.29, 1.82) is 0 Å². The first-order valence-electron chi connectivity index (χ1n) is 24.4. The van der Waals surface area contributed by atoms with Crippen LogP contribution >= 0.6 is 0 Å². The van der Waals surface area contributed by atoms with Gasteiger partial charge in [-0.3, -0.25) is 9.97 Å². The SMILES string of the molecule is Cn1c(-c2ccccc2-c2cc(-c3ccccc3-c3ccc(-c4ccccc4)nc3)cc(-c3ccccc3-c3ccc(-c4cccc(-c5ccc(-c6ccccc6)cc5)c4)nc3)c2)cnc1-c1ccccc1. The molecule has 0 bridgehead atoms. The highest BCUT2D eigenvalue weighted by molar-refractivity contribution is 5.94. The number of benzene rings is 9. The molecule has 3 heterocycles. The molecule has 4 heteroatoms. The van der Waals surface area contributed by atoms with Gasteiger partial charge in [-0.15, -0.1) is 0 Å². The third-order valence-corrected chi connectivity index (χ3v) is 13.6. The van der Waals surface area contributed by atoms with Crippen molar-refractivity contribution in [3.63, 3.8) is 0 Å². The van der Waals surface area contributed by atoms with E-state index >= 15 is 0 Å². The minimum Gasteiger partial charge on any atom is -0.327 e. The largest absolute Gasteiger partial charge is 0.327 e. The lowest BCUT2D eigenvalue weighted by Crippen LogP contribution is -1.97. The minimum absolute atomic E-state index is 0.922. The summed E-state index contributed by atoms with van der Waals surface area (Å²) in [7, 11) is 2.10. The predicted molar refractivity (Wildman–Crippen MR) is 299 cm³/mol. The Bertz CT molecular complexity index is 3820. The van der Waals surface area contributed by atoms with Gasteiger partial charge >= 0.3 is 0 Å². The van der Waals surface area contributed by atoms with Crippen LogP contribution in [-0.4, -0.2) is 19.5 Å². The molecule has 0 N–H and O–H groups in total. The number of imidazole rings is 1. The van der Waals surface area contributed by atoms with Crippen molar-refractivity contribution in [2.75, 3.05) is 0 Å². The first-order chi connectivity index (χ1) is 35.6. The number of nitrogens with zero attached hydrogens (tertiary/aromatic N) is 4. The zero-order chi connectivity index (χ0) is 48.2. The van der Waals surface area contributed by atoms with Gasteiger partial charge in [-0.2, -0.15) is 0 Å². The van der Waals surface area contributed by atoms with Crippen molar-refractivity contribution in [3.05, 3.63) is 273 Å². The summed E-state index contributed by atoms with van der Waals surface area (Å²) in [6, 6.07) is 90.4. The van der Waals surface area contributed by atoms with Gasteiger partial charge in [0, 0.05) is 52.8 Å². The normalized spacial score (nSPS) is 11.1. The fraction of sp³-hybridized carbons (Fsp3) is 0.0147. The van der Waals surface area contributed by atoms with Crippen LogP contribution in [0.4, 0.5) is 0 Å². The van der Waals surface area contributed by atoms with Crippen LogP contribution in [0.3, 0.4) is 0 Å². The first-order valence-corrected chi connectivity index (χ1v) is 24.4. The van der Waals surface area contributed by atoms with Gasteiger partial charge in [0.25, 0.3) is 0 Å². The molecule has 0 saturated carbocycles. The molecule has 0 saturated heterocycles. The molecule has 340 valence electrons. The summed E-state index contributed by atoms with van der Waals surface area (Å²) in [5, 5.41) is 0. The molecule has 0 aliphatic heterocycles. The van der Waals surface area contributed by atoms with Gasteiger partial charge in [-0.25, -0.2) is 4.98 Å². The van der Waals surface area contributed by atoms with Gasteiger partial charge in [0.05, 0.1) is 23.3 Å². The molecule has 4 nitrogen and oxygen atoms in total. The fourth-order valence-corrected chi connectivity index (χ4v) is 9.94.